The molecule has 1 fully saturated rings. The van der Waals surface area contributed by atoms with Gasteiger partial charge in [-0.15, -0.1) is 0 Å². The molecular formula is C26H22N2O4. The maximum atomic E-state index is 13.4. The quantitative estimate of drug-likeness (QED) is 0.414. The molecule has 3 aliphatic rings. The van der Waals surface area contributed by atoms with E-state index >= 15 is 0 Å². The fourth-order valence-electron chi connectivity index (χ4n) is 5.54. The van der Waals surface area contributed by atoms with Crippen LogP contribution in [0.4, 0.5) is 0 Å². The van der Waals surface area contributed by atoms with Crippen molar-refractivity contribution in [2.24, 2.45) is 0 Å². The van der Waals surface area contributed by atoms with Gasteiger partial charge in [-0.05, 0) is 36.6 Å². The number of carbonyl (C=O) groups is 2. The van der Waals surface area contributed by atoms with E-state index in [2.05, 4.69) is 10.6 Å². The minimum absolute atomic E-state index is 0.148. The van der Waals surface area contributed by atoms with Crippen LogP contribution in [0.25, 0.3) is 16.5 Å². The predicted octanol–water partition coefficient (Wildman–Crippen LogP) is 2.38. The molecule has 1 saturated heterocycles. The first-order chi connectivity index (χ1) is 15.2. The topological polar surface area (TPSA) is 98.7 Å². The van der Waals surface area contributed by atoms with E-state index in [0.29, 0.717) is 12.1 Å². The summed E-state index contributed by atoms with van der Waals surface area (Å²) in [6.45, 7) is 4.01. The lowest BCUT2D eigenvalue weighted by Crippen LogP contribution is -2.55. The van der Waals surface area contributed by atoms with Crippen LogP contribution >= 0.6 is 0 Å². The molecule has 1 amide bonds. The summed E-state index contributed by atoms with van der Waals surface area (Å²) in [5.74, 6) is -1.36. The Morgan fingerprint density at radius 1 is 0.844 bits per heavy atom. The normalized spacial score (nSPS) is 29.9. The van der Waals surface area contributed by atoms with Gasteiger partial charge in [0.15, 0.2) is 0 Å². The van der Waals surface area contributed by atoms with Crippen LogP contribution in [-0.2, 0) is 16.9 Å². The number of hydrogen-bond donors (Lipinski definition) is 4. The van der Waals surface area contributed by atoms with Crippen molar-refractivity contribution < 1.29 is 19.8 Å². The molecule has 3 aromatic carbocycles. The van der Waals surface area contributed by atoms with Gasteiger partial charge in [0, 0.05) is 22.2 Å². The van der Waals surface area contributed by atoms with Crippen molar-refractivity contribution >= 4 is 28.2 Å². The Morgan fingerprint density at radius 3 is 2.38 bits per heavy atom. The molecule has 2 heterocycles. The van der Waals surface area contributed by atoms with Gasteiger partial charge >= 0.3 is 0 Å². The molecule has 0 spiro atoms. The van der Waals surface area contributed by atoms with Gasteiger partial charge in [0.2, 0.25) is 17.1 Å². The molecule has 0 aromatic heterocycles. The third-order valence-corrected chi connectivity index (χ3v) is 6.94. The van der Waals surface area contributed by atoms with Crippen LogP contribution in [0.1, 0.15) is 40.9 Å². The average molecular weight is 426 g/mol. The average Bonchev–Trinajstić information content (AvgIpc) is 3.07. The van der Waals surface area contributed by atoms with Gasteiger partial charge in [-0.1, -0.05) is 60.7 Å². The number of fused-ring (bicyclic) bond motifs is 6. The molecule has 2 aliphatic heterocycles. The van der Waals surface area contributed by atoms with Gasteiger partial charge in [0.1, 0.15) is 0 Å². The Hall–Kier alpha value is -3.48. The molecule has 0 bridgehead atoms. The summed E-state index contributed by atoms with van der Waals surface area (Å²) in [5.41, 5.74) is -2.71. The van der Waals surface area contributed by atoms with Gasteiger partial charge in [-0.25, -0.2) is 0 Å². The first kappa shape index (κ1) is 19.2. The minimum atomic E-state index is -2.44. The summed E-state index contributed by atoms with van der Waals surface area (Å²) in [4.78, 5) is 26.7. The second-order valence-electron chi connectivity index (χ2n) is 9.50. The molecule has 1 aliphatic carbocycles. The summed E-state index contributed by atoms with van der Waals surface area (Å²) >= 11 is 0. The zero-order chi connectivity index (χ0) is 22.5. The number of benzene rings is 3. The van der Waals surface area contributed by atoms with Crippen molar-refractivity contribution in [1.82, 2.24) is 10.6 Å². The maximum Gasteiger partial charge on any atom is 0.255 e. The van der Waals surface area contributed by atoms with Crippen molar-refractivity contribution in [3.8, 4) is 0 Å². The molecule has 3 aromatic rings. The monoisotopic (exact) mass is 426 g/mol. The Labute approximate surface area is 184 Å². The lowest BCUT2D eigenvalue weighted by Gasteiger charge is -2.38. The highest BCUT2D eigenvalue weighted by atomic mass is 16.4. The molecule has 6 rings (SSSR count). The number of carbonyl (C=O) groups excluding carboxylic acids is 2. The van der Waals surface area contributed by atoms with E-state index in [9.17, 15) is 19.8 Å². The molecule has 2 atom stereocenters. The largest absolute Gasteiger partial charge is 0.379 e. The Kier molecular flexibility index (Phi) is 3.51. The van der Waals surface area contributed by atoms with Gasteiger partial charge in [-0.2, -0.15) is 0 Å². The predicted molar refractivity (Wildman–Crippen MR) is 120 cm³/mol. The third-order valence-electron chi connectivity index (χ3n) is 6.94. The fourth-order valence-corrected chi connectivity index (χ4v) is 5.54. The first-order valence-electron chi connectivity index (χ1n) is 10.6. The van der Waals surface area contributed by atoms with Gasteiger partial charge in [0.25, 0.3) is 5.91 Å². The fraction of sp³-hybridized carbons (Fsp3) is 0.231. The standard InChI is InChI=1S/C26H22N2O4/c1-24(2)13-18-15-8-4-3-7-14(15)11-12-16(18)21(27-24)20-23(30)28-26(32)19-10-6-5-9-17(19)22(29)25(20,26)31/h3-12,27,31-32H,13H2,1-2H3,(H,28,30)/b21-20+/t25-,26+/m1/s1. The second-order valence-corrected chi connectivity index (χ2v) is 9.50. The van der Waals surface area contributed by atoms with Crippen LogP contribution in [0, 0.1) is 0 Å². The van der Waals surface area contributed by atoms with E-state index in [4.69, 9.17) is 0 Å². The maximum absolute atomic E-state index is 13.4. The molecule has 4 N–H and O–H groups in total. The molecular weight excluding hydrogens is 404 g/mol. The van der Waals surface area contributed by atoms with Crippen LogP contribution in [-0.4, -0.2) is 33.0 Å². The number of rotatable bonds is 0. The van der Waals surface area contributed by atoms with Crippen LogP contribution in [0.5, 0.6) is 0 Å². The zero-order valence-electron chi connectivity index (χ0n) is 17.7. The second kappa shape index (κ2) is 5.85. The molecule has 0 saturated carbocycles. The zero-order valence-corrected chi connectivity index (χ0v) is 17.7. The molecule has 0 unspecified atom stereocenters. The van der Waals surface area contributed by atoms with Gasteiger partial charge in [-0.3, -0.25) is 9.59 Å². The lowest BCUT2D eigenvalue weighted by atomic mass is 9.78. The smallest absolute Gasteiger partial charge is 0.255 e. The molecule has 6 nitrogen and oxygen atoms in total. The van der Waals surface area contributed by atoms with Crippen LogP contribution in [0.3, 0.4) is 0 Å². The number of Topliss-reactive ketones (excluding diaryl/α,β-unsaturated/α-hetero) is 1. The molecule has 6 heteroatoms. The Morgan fingerprint density at radius 2 is 1.56 bits per heavy atom. The minimum Gasteiger partial charge on any atom is -0.379 e. The van der Waals surface area contributed by atoms with Gasteiger partial charge in [0.05, 0.1) is 11.3 Å². The van der Waals surface area contributed by atoms with Crippen LogP contribution < -0.4 is 10.6 Å². The summed E-state index contributed by atoms with van der Waals surface area (Å²) in [6.07, 6.45) is 0.693. The summed E-state index contributed by atoms with van der Waals surface area (Å²) < 4.78 is 0. The van der Waals surface area contributed by atoms with Crippen LogP contribution in [0.2, 0.25) is 0 Å². The highest BCUT2D eigenvalue weighted by molar-refractivity contribution is 6.22. The number of hydrogen-bond acceptors (Lipinski definition) is 5. The number of aliphatic hydroxyl groups is 2. The van der Waals surface area contributed by atoms with Crippen molar-refractivity contribution in [3.05, 3.63) is 88.5 Å². The number of ketones is 1. The summed E-state index contributed by atoms with van der Waals surface area (Å²) in [5, 5.41) is 31.3. The SMILES string of the molecule is CC1(C)Cc2c(ccc3ccccc23)/C(=C2/C(=O)N[C@]3(O)c4ccccc4C(=O)[C@]23O)N1. The van der Waals surface area contributed by atoms with Crippen LogP contribution in [0.15, 0.2) is 66.2 Å². The van der Waals surface area contributed by atoms with Crippen molar-refractivity contribution in [2.75, 3.05) is 0 Å². The van der Waals surface area contributed by atoms with E-state index in [1.54, 1.807) is 24.3 Å². The Bertz CT molecular complexity index is 1410. The lowest BCUT2D eigenvalue weighted by molar-refractivity contribution is -0.125. The molecule has 160 valence electrons. The highest BCUT2D eigenvalue weighted by Gasteiger charge is 2.72. The number of amides is 1. The molecule has 0 radical (unpaired) electrons. The van der Waals surface area contributed by atoms with Gasteiger partial charge < -0.3 is 20.8 Å². The summed E-state index contributed by atoms with van der Waals surface area (Å²) in [6, 6.07) is 18.3. The van der Waals surface area contributed by atoms with E-state index in [-0.39, 0.29) is 16.7 Å². The van der Waals surface area contributed by atoms with E-state index in [1.807, 2.05) is 50.2 Å². The number of nitrogens with one attached hydrogen (secondary N) is 2. The van der Waals surface area contributed by atoms with Crippen molar-refractivity contribution in [2.45, 2.75) is 37.1 Å². The van der Waals surface area contributed by atoms with E-state index in [1.165, 1.54) is 0 Å². The van der Waals surface area contributed by atoms with E-state index < -0.39 is 28.6 Å². The van der Waals surface area contributed by atoms with Crippen molar-refractivity contribution in [1.29, 1.82) is 0 Å². The Balaban J connectivity index is 1.69. The molecule has 32 heavy (non-hydrogen) atoms. The summed E-state index contributed by atoms with van der Waals surface area (Å²) in [7, 11) is 0. The third kappa shape index (κ3) is 2.16. The highest BCUT2D eigenvalue weighted by Crippen LogP contribution is 2.52. The first-order valence-corrected chi connectivity index (χ1v) is 10.6. The van der Waals surface area contributed by atoms with Crippen molar-refractivity contribution in [3.63, 3.8) is 0 Å². The van der Waals surface area contributed by atoms with E-state index in [0.717, 1.165) is 21.9 Å².